The first-order valence-corrected chi connectivity index (χ1v) is 5.51. The van der Waals surface area contributed by atoms with E-state index in [-0.39, 0.29) is 11.7 Å². The fourth-order valence-electron chi connectivity index (χ4n) is 1.40. The fraction of sp³-hybridized carbons (Fsp3) is 0.273. The monoisotopic (exact) mass is 267 g/mol. The average molecular weight is 268 g/mol. The number of aromatic nitrogens is 1. The van der Waals surface area contributed by atoms with Gasteiger partial charge in [0.05, 0.1) is 4.47 Å². The second-order valence-corrected chi connectivity index (χ2v) is 4.21. The Morgan fingerprint density at radius 1 is 1.53 bits per heavy atom. The summed E-state index contributed by atoms with van der Waals surface area (Å²) in [4.78, 5) is 15.2. The maximum Gasteiger partial charge on any atom is 0.263 e. The van der Waals surface area contributed by atoms with Crippen molar-refractivity contribution in [1.29, 1.82) is 0 Å². The lowest BCUT2D eigenvalue weighted by Gasteiger charge is -1.96. The minimum absolute atomic E-state index is 0.156. The van der Waals surface area contributed by atoms with Crippen LogP contribution in [0.3, 0.4) is 0 Å². The highest BCUT2D eigenvalue weighted by molar-refractivity contribution is 9.10. The van der Waals surface area contributed by atoms with Gasteiger partial charge in [0.25, 0.3) is 5.89 Å². The van der Waals surface area contributed by atoms with Crippen LogP contribution in [0, 0.1) is 0 Å². The highest BCUT2D eigenvalue weighted by atomic mass is 79.9. The molecule has 4 heteroatoms. The number of carbonyl (C=O) groups is 1. The molecule has 0 spiro atoms. The van der Waals surface area contributed by atoms with Crippen LogP contribution < -0.4 is 0 Å². The van der Waals surface area contributed by atoms with Gasteiger partial charge in [-0.2, -0.15) is 0 Å². The zero-order valence-electron chi connectivity index (χ0n) is 8.50. The molecule has 0 fully saturated rings. The van der Waals surface area contributed by atoms with Crippen LogP contribution in [0.5, 0.6) is 0 Å². The number of rotatable bonds is 2. The fourth-order valence-corrected chi connectivity index (χ4v) is 1.98. The largest absolute Gasteiger partial charge is 0.432 e. The van der Waals surface area contributed by atoms with Gasteiger partial charge in [0.15, 0.2) is 5.58 Å². The predicted molar refractivity (Wildman–Crippen MR) is 61.1 cm³/mol. The molecule has 0 atom stereocenters. The van der Waals surface area contributed by atoms with E-state index in [0.29, 0.717) is 5.58 Å². The molecule has 2 aromatic rings. The van der Waals surface area contributed by atoms with E-state index in [0.717, 1.165) is 22.0 Å². The minimum Gasteiger partial charge on any atom is -0.432 e. The molecule has 1 aromatic carbocycles. The molecule has 0 unspecified atom stereocenters. The summed E-state index contributed by atoms with van der Waals surface area (Å²) in [5.74, 6) is 0.00935. The van der Waals surface area contributed by atoms with Crippen LogP contribution in [0.15, 0.2) is 21.0 Å². The Balaban J connectivity index is 2.69. The number of oxazole rings is 1. The molecule has 0 N–H and O–H groups in total. The third-order valence-electron chi connectivity index (χ3n) is 2.21. The molecule has 1 aromatic heterocycles. The molecule has 0 saturated carbocycles. The molecule has 0 aliphatic carbocycles. The highest BCUT2D eigenvalue weighted by Gasteiger charge is 2.12. The van der Waals surface area contributed by atoms with Crippen molar-refractivity contribution < 1.29 is 9.21 Å². The molecule has 0 aliphatic rings. The number of aryl methyl sites for hydroxylation is 1. The standard InChI is InChI=1S/C11H10BrNO2/c1-3-7-4-8(12)10-9(5-7)13-11(15-10)6(2)14/h4-5H,3H2,1-2H3. The summed E-state index contributed by atoms with van der Waals surface area (Å²) >= 11 is 3.41. The summed E-state index contributed by atoms with van der Waals surface area (Å²) in [5, 5.41) is 0. The van der Waals surface area contributed by atoms with Crippen molar-refractivity contribution in [2.75, 3.05) is 0 Å². The van der Waals surface area contributed by atoms with Gasteiger partial charge in [-0.05, 0) is 40.0 Å². The minimum atomic E-state index is -0.156. The van der Waals surface area contributed by atoms with Gasteiger partial charge in [-0.3, -0.25) is 4.79 Å². The zero-order valence-corrected chi connectivity index (χ0v) is 10.1. The van der Waals surface area contributed by atoms with E-state index in [1.807, 2.05) is 12.1 Å². The van der Waals surface area contributed by atoms with Crippen LogP contribution in [0.2, 0.25) is 0 Å². The predicted octanol–water partition coefficient (Wildman–Crippen LogP) is 3.36. The molecule has 0 saturated heterocycles. The summed E-state index contributed by atoms with van der Waals surface area (Å²) in [5.41, 5.74) is 2.53. The van der Waals surface area contributed by atoms with Crippen molar-refractivity contribution >= 4 is 32.8 Å². The van der Waals surface area contributed by atoms with Gasteiger partial charge < -0.3 is 4.42 Å². The summed E-state index contributed by atoms with van der Waals surface area (Å²) in [6.45, 7) is 3.51. The molecule has 78 valence electrons. The Morgan fingerprint density at radius 2 is 2.27 bits per heavy atom. The molecular formula is C11H10BrNO2. The molecule has 0 aliphatic heterocycles. The lowest BCUT2D eigenvalue weighted by molar-refractivity contribution is 0.0983. The molecule has 2 rings (SSSR count). The van der Waals surface area contributed by atoms with Crippen molar-refractivity contribution in [1.82, 2.24) is 4.98 Å². The first-order chi connectivity index (χ1) is 7.11. The van der Waals surface area contributed by atoms with Crippen molar-refractivity contribution in [3.63, 3.8) is 0 Å². The molecular weight excluding hydrogens is 258 g/mol. The molecule has 0 radical (unpaired) electrons. The third kappa shape index (κ3) is 1.81. The normalized spacial score (nSPS) is 10.9. The van der Waals surface area contributed by atoms with Gasteiger partial charge in [0, 0.05) is 6.92 Å². The summed E-state index contributed by atoms with van der Waals surface area (Å²) in [7, 11) is 0. The lowest BCUT2D eigenvalue weighted by Crippen LogP contribution is -1.89. The molecule has 3 nitrogen and oxygen atoms in total. The van der Waals surface area contributed by atoms with Gasteiger partial charge in [-0.1, -0.05) is 6.92 Å². The van der Waals surface area contributed by atoms with E-state index in [9.17, 15) is 4.79 Å². The summed E-state index contributed by atoms with van der Waals surface area (Å²) in [6.07, 6.45) is 0.927. The number of fused-ring (bicyclic) bond motifs is 1. The SMILES string of the molecule is CCc1cc(Br)c2oc(C(C)=O)nc2c1. The number of hydrogen-bond donors (Lipinski definition) is 0. The summed E-state index contributed by atoms with van der Waals surface area (Å²) in [6, 6.07) is 3.92. The third-order valence-corrected chi connectivity index (χ3v) is 2.80. The van der Waals surface area contributed by atoms with E-state index >= 15 is 0 Å². The highest BCUT2D eigenvalue weighted by Crippen LogP contribution is 2.27. The number of carbonyl (C=O) groups excluding carboxylic acids is 1. The van der Waals surface area contributed by atoms with Crippen LogP contribution >= 0.6 is 15.9 Å². The van der Waals surface area contributed by atoms with E-state index < -0.39 is 0 Å². The maximum absolute atomic E-state index is 11.1. The van der Waals surface area contributed by atoms with Gasteiger partial charge in [-0.15, -0.1) is 0 Å². The number of benzene rings is 1. The van der Waals surface area contributed by atoms with Crippen molar-refractivity contribution in [3.8, 4) is 0 Å². The molecule has 15 heavy (non-hydrogen) atoms. The van der Waals surface area contributed by atoms with Crippen LogP contribution in [-0.2, 0) is 6.42 Å². The first-order valence-electron chi connectivity index (χ1n) is 4.71. The smallest absolute Gasteiger partial charge is 0.263 e. The van der Waals surface area contributed by atoms with Gasteiger partial charge in [0.2, 0.25) is 5.78 Å². The van der Waals surface area contributed by atoms with Crippen molar-refractivity contribution in [2.45, 2.75) is 20.3 Å². The number of ketones is 1. The second kappa shape index (κ2) is 3.77. The molecule has 1 heterocycles. The number of halogens is 1. The van der Waals surface area contributed by atoms with Crippen molar-refractivity contribution in [3.05, 3.63) is 28.1 Å². The quantitative estimate of drug-likeness (QED) is 0.784. The Morgan fingerprint density at radius 3 is 2.87 bits per heavy atom. The lowest BCUT2D eigenvalue weighted by atomic mass is 10.1. The Bertz CT molecular complexity index is 531. The zero-order chi connectivity index (χ0) is 11.0. The maximum atomic E-state index is 11.1. The van der Waals surface area contributed by atoms with Crippen LogP contribution in [-0.4, -0.2) is 10.8 Å². The Labute approximate surface area is 95.6 Å². The molecule has 0 bridgehead atoms. The van der Waals surface area contributed by atoms with E-state index in [2.05, 4.69) is 27.8 Å². The number of nitrogens with zero attached hydrogens (tertiary/aromatic N) is 1. The van der Waals surface area contributed by atoms with E-state index in [1.54, 1.807) is 0 Å². The topological polar surface area (TPSA) is 43.1 Å². The van der Waals surface area contributed by atoms with E-state index in [4.69, 9.17) is 4.42 Å². The van der Waals surface area contributed by atoms with Gasteiger partial charge in [0.1, 0.15) is 5.52 Å². The van der Waals surface area contributed by atoms with Crippen LogP contribution in [0.4, 0.5) is 0 Å². The first kappa shape index (κ1) is 10.4. The summed E-state index contributed by atoms with van der Waals surface area (Å²) < 4.78 is 6.20. The van der Waals surface area contributed by atoms with Gasteiger partial charge >= 0.3 is 0 Å². The molecule has 0 amide bonds. The van der Waals surface area contributed by atoms with Crippen molar-refractivity contribution in [2.24, 2.45) is 0 Å². The van der Waals surface area contributed by atoms with Crippen LogP contribution in [0.25, 0.3) is 11.1 Å². The average Bonchev–Trinajstić information content (AvgIpc) is 2.61. The number of Topliss-reactive ketones (excluding diaryl/α,β-unsaturated/α-hetero) is 1. The number of hydrogen-bond acceptors (Lipinski definition) is 3. The van der Waals surface area contributed by atoms with E-state index in [1.165, 1.54) is 6.92 Å². The van der Waals surface area contributed by atoms with Gasteiger partial charge in [-0.25, -0.2) is 4.98 Å². The Kier molecular flexibility index (Phi) is 2.61. The second-order valence-electron chi connectivity index (χ2n) is 3.35. The Hall–Kier alpha value is -1.16. The van der Waals surface area contributed by atoms with Crippen LogP contribution in [0.1, 0.15) is 30.1 Å².